The fourth-order valence-corrected chi connectivity index (χ4v) is 12.1. The highest BCUT2D eigenvalue weighted by Gasteiger charge is 2.39. The number of primary amides is 3. The minimum Gasteiger partial charge on any atom is -0.494 e. The van der Waals surface area contributed by atoms with Crippen LogP contribution in [-0.2, 0) is 65.6 Å². The molecule has 6 atom stereocenters. The van der Waals surface area contributed by atoms with Crippen LogP contribution in [0.1, 0.15) is 88.7 Å². The summed E-state index contributed by atoms with van der Waals surface area (Å²) in [6.07, 6.45) is 1.85. The first-order valence-electron chi connectivity index (χ1n) is 25.9. The number of nitrogens with zero attached hydrogens (tertiary/aromatic N) is 2. The number of likely N-dealkylation sites (N-methyl/N-ethyl adjacent to an activating group) is 1. The van der Waals surface area contributed by atoms with Gasteiger partial charge in [0.1, 0.15) is 42.0 Å². The molecule has 11 amide bonds. The molecule has 2 aliphatic rings. The van der Waals surface area contributed by atoms with Crippen LogP contribution in [-0.4, -0.2) is 156 Å². The predicted molar refractivity (Wildman–Crippen MR) is 296 cm³/mol. The van der Waals surface area contributed by atoms with Crippen molar-refractivity contribution < 1.29 is 57.5 Å². The van der Waals surface area contributed by atoms with Gasteiger partial charge in [0, 0.05) is 49.8 Å². The minimum absolute atomic E-state index is 0.00199. The maximum Gasteiger partial charge on any atom is 0.246 e. The van der Waals surface area contributed by atoms with Crippen molar-refractivity contribution in [3.63, 3.8) is 0 Å². The van der Waals surface area contributed by atoms with Gasteiger partial charge in [0.05, 0.1) is 26.1 Å². The first-order chi connectivity index (χ1) is 37.6. The van der Waals surface area contributed by atoms with Crippen LogP contribution in [0.4, 0.5) is 0 Å². The van der Waals surface area contributed by atoms with Gasteiger partial charge in [-0.15, -0.1) is 0 Å². The molecule has 1 aliphatic heterocycles. The molecule has 2 fully saturated rings. The molecular formula is C51H74N14O12S2. The quantitative estimate of drug-likeness (QED) is 0.0251. The first kappa shape index (κ1) is 63.9. The highest BCUT2D eigenvalue weighted by molar-refractivity contribution is 8.77. The van der Waals surface area contributed by atoms with E-state index in [4.69, 9.17) is 33.4 Å². The molecule has 1 aliphatic carbocycles. The van der Waals surface area contributed by atoms with E-state index in [2.05, 4.69) is 42.2 Å². The van der Waals surface area contributed by atoms with E-state index in [0.717, 1.165) is 35.0 Å². The average molecular weight is 1140 g/mol. The Morgan fingerprint density at radius 3 is 1.95 bits per heavy atom. The van der Waals surface area contributed by atoms with E-state index in [1.165, 1.54) is 17.8 Å². The van der Waals surface area contributed by atoms with Gasteiger partial charge in [-0.25, -0.2) is 0 Å². The van der Waals surface area contributed by atoms with Crippen LogP contribution >= 0.6 is 21.6 Å². The lowest BCUT2D eigenvalue weighted by atomic mass is 9.85. The predicted octanol–water partition coefficient (Wildman–Crippen LogP) is -2.48. The Kier molecular flexibility index (Phi) is 26.1. The average Bonchev–Trinajstić information content (AvgIpc) is 3.40. The molecule has 0 bridgehead atoms. The summed E-state index contributed by atoms with van der Waals surface area (Å²) in [5, 5.41) is 18.2. The number of nitrogens with one attached hydrogen (secondary N) is 7. The third-order valence-electron chi connectivity index (χ3n) is 12.7. The van der Waals surface area contributed by atoms with E-state index in [9.17, 15) is 52.7 Å². The van der Waals surface area contributed by atoms with E-state index in [1.807, 2.05) is 6.92 Å². The topological polar surface area (TPSA) is 427 Å². The van der Waals surface area contributed by atoms with Crippen molar-refractivity contribution in [2.45, 2.75) is 131 Å². The zero-order chi connectivity index (χ0) is 58.1. The monoisotopic (exact) mass is 1140 g/mol. The van der Waals surface area contributed by atoms with Gasteiger partial charge in [0.25, 0.3) is 0 Å². The highest BCUT2D eigenvalue weighted by atomic mass is 33.1. The minimum atomic E-state index is -1.78. The Labute approximate surface area is 465 Å². The van der Waals surface area contributed by atoms with Crippen LogP contribution in [0.3, 0.4) is 0 Å². The number of aliphatic imine (C=N–C) groups is 1. The van der Waals surface area contributed by atoms with Crippen molar-refractivity contribution in [3.8, 4) is 5.75 Å². The lowest BCUT2D eigenvalue weighted by Gasteiger charge is -2.36. The van der Waals surface area contributed by atoms with Crippen molar-refractivity contribution in [3.05, 3.63) is 65.7 Å². The van der Waals surface area contributed by atoms with Gasteiger partial charge in [-0.1, -0.05) is 83.3 Å². The van der Waals surface area contributed by atoms with Crippen molar-refractivity contribution in [2.24, 2.45) is 33.7 Å². The molecular weight excluding hydrogens is 1060 g/mol. The number of rotatable bonds is 22. The van der Waals surface area contributed by atoms with Crippen LogP contribution in [0, 0.1) is 0 Å². The molecule has 28 heteroatoms. The molecule has 79 heavy (non-hydrogen) atoms. The molecule has 432 valence electrons. The molecule has 1 saturated carbocycles. The Morgan fingerprint density at radius 2 is 1.34 bits per heavy atom. The Bertz CT molecular complexity index is 2500. The highest BCUT2D eigenvalue weighted by Crippen LogP contribution is 2.48. The number of carbonyl (C=O) groups is 11. The Balaban J connectivity index is 1.76. The van der Waals surface area contributed by atoms with Crippen molar-refractivity contribution in [1.29, 1.82) is 0 Å². The van der Waals surface area contributed by atoms with Gasteiger partial charge in [-0.3, -0.25) is 57.7 Å². The zero-order valence-electron chi connectivity index (χ0n) is 44.4. The lowest BCUT2D eigenvalue weighted by molar-refractivity contribution is -0.139. The second-order valence-corrected chi connectivity index (χ2v) is 22.1. The molecule has 0 unspecified atom stereocenters. The number of guanidine groups is 1. The molecule has 1 heterocycles. The summed E-state index contributed by atoms with van der Waals surface area (Å²) in [7, 11) is 3.72. The van der Waals surface area contributed by atoms with E-state index < -0.39 is 138 Å². The standard InChI is InChI=1S/C51H74N14O12S2/c1-3-77-32-16-14-31(15-17-32)24-35-46(73)62-36(23-30-11-6-4-7-12-30)47(74)61-34(18-19-39(52)66)45(72)63-37(25-40(53)67)48(75)64-38(29-78-79-51(26-42(69)60-35)20-8-5-9-21-51)49(76)65(2)28-43(70)59-33(13-10-22-57-50(55)56)44(71)58-27-41(54)68/h4,6-7,11-12,14-17,33-38H,3,5,8-10,13,18-29H2,1-2H3,(H2,52,66)(H2,53,67)(H2,54,68)(H,58,71)(H,59,70)(H,60,69)(H,61,74)(H,62,73)(H,63,72)(H,64,75)(H4,55,56,57)/t33-,34-,35-,36-,37-,38-/m0/s1. The van der Waals surface area contributed by atoms with Crippen LogP contribution in [0.2, 0.25) is 0 Å². The largest absolute Gasteiger partial charge is 0.494 e. The van der Waals surface area contributed by atoms with Gasteiger partial charge in [0.2, 0.25) is 65.0 Å². The zero-order valence-corrected chi connectivity index (χ0v) is 46.0. The normalized spacial score (nSPS) is 20.7. The van der Waals surface area contributed by atoms with Crippen LogP contribution in [0.5, 0.6) is 5.75 Å². The van der Waals surface area contributed by atoms with E-state index in [-0.39, 0.29) is 50.4 Å². The fourth-order valence-electron chi connectivity index (χ4n) is 8.74. The summed E-state index contributed by atoms with van der Waals surface area (Å²) in [4.78, 5) is 154. The van der Waals surface area contributed by atoms with Crippen molar-refractivity contribution in [1.82, 2.24) is 42.1 Å². The summed E-state index contributed by atoms with van der Waals surface area (Å²) in [5.74, 6) is -9.22. The van der Waals surface area contributed by atoms with E-state index >= 15 is 0 Å². The number of ether oxygens (including phenoxy) is 1. The summed E-state index contributed by atoms with van der Waals surface area (Å²) in [6, 6.07) is 6.86. The van der Waals surface area contributed by atoms with Crippen LogP contribution in [0.15, 0.2) is 59.6 Å². The number of amides is 11. The first-order valence-corrected chi connectivity index (χ1v) is 28.2. The molecule has 0 radical (unpaired) electrons. The summed E-state index contributed by atoms with van der Waals surface area (Å²) in [6.45, 7) is 1.15. The number of carbonyl (C=O) groups excluding carboxylic acids is 11. The molecule has 1 saturated heterocycles. The Morgan fingerprint density at radius 1 is 0.747 bits per heavy atom. The molecule has 4 rings (SSSR count). The smallest absolute Gasteiger partial charge is 0.246 e. The SMILES string of the molecule is CCOc1ccc(C[C@@H]2NC(=O)CC3(CCCCC3)SSC[C@@H](C(=O)N(C)CC(=O)N[C@@H](CCCN=C(N)N)C(=O)NCC(N)=O)NC(=O)[C@H](CC(N)=O)NC(=O)[C@H](CCC(N)=O)NC(=O)[C@H](Cc3ccccc3)NC2=O)cc1. The second kappa shape index (κ2) is 32.3. The molecule has 2 aromatic carbocycles. The molecule has 26 nitrogen and oxygen atoms in total. The summed E-state index contributed by atoms with van der Waals surface area (Å²) >= 11 is 0. The van der Waals surface area contributed by atoms with Gasteiger partial charge in [-0.2, -0.15) is 0 Å². The van der Waals surface area contributed by atoms with Gasteiger partial charge in [-0.05, 0) is 62.3 Å². The molecule has 0 aromatic heterocycles. The van der Waals surface area contributed by atoms with Gasteiger partial charge in [0.15, 0.2) is 5.96 Å². The number of nitrogens with two attached hydrogens (primary N) is 5. The maximum absolute atomic E-state index is 14.6. The Hall–Kier alpha value is -7.62. The van der Waals surface area contributed by atoms with Crippen LogP contribution < -0.4 is 70.6 Å². The van der Waals surface area contributed by atoms with E-state index in [1.54, 1.807) is 54.6 Å². The molecule has 17 N–H and O–H groups in total. The lowest BCUT2D eigenvalue weighted by Crippen LogP contribution is -2.60. The maximum atomic E-state index is 14.6. The third kappa shape index (κ3) is 22.7. The second-order valence-electron chi connectivity index (χ2n) is 19.2. The summed E-state index contributed by atoms with van der Waals surface area (Å²) in [5.41, 5.74) is 28.4. The number of hydrogen-bond acceptors (Lipinski definition) is 15. The third-order valence-corrected chi connectivity index (χ3v) is 16.0. The number of benzene rings is 2. The fraction of sp³-hybridized carbons (Fsp3) is 0.529. The summed E-state index contributed by atoms with van der Waals surface area (Å²) < 4.78 is 4.86. The number of hydrogen-bond donors (Lipinski definition) is 12. The van der Waals surface area contributed by atoms with Gasteiger partial charge >= 0.3 is 0 Å². The molecule has 2 aromatic rings. The van der Waals surface area contributed by atoms with Crippen LogP contribution in [0.25, 0.3) is 0 Å². The molecule has 1 spiro atoms. The van der Waals surface area contributed by atoms with E-state index in [0.29, 0.717) is 36.3 Å². The van der Waals surface area contributed by atoms with Gasteiger partial charge < -0.3 is 75.5 Å². The van der Waals surface area contributed by atoms with Crippen molar-refractivity contribution >= 4 is 92.5 Å². The van der Waals surface area contributed by atoms with Crippen molar-refractivity contribution in [2.75, 3.05) is 39.0 Å².